The van der Waals surface area contributed by atoms with E-state index < -0.39 is 0 Å². The summed E-state index contributed by atoms with van der Waals surface area (Å²) in [6.07, 6.45) is 0.359. The molecule has 1 N–H and O–H groups in total. The molecule has 0 spiro atoms. The second kappa shape index (κ2) is 7.74. The lowest BCUT2D eigenvalue weighted by Gasteiger charge is -2.02. The van der Waals surface area contributed by atoms with Crippen LogP contribution in [-0.4, -0.2) is 22.7 Å². The van der Waals surface area contributed by atoms with E-state index in [0.29, 0.717) is 24.7 Å². The van der Waals surface area contributed by atoms with Gasteiger partial charge in [0.15, 0.2) is 0 Å². The quantitative estimate of drug-likeness (QED) is 0.713. The number of hydrogen-bond acceptors (Lipinski definition) is 6. The van der Waals surface area contributed by atoms with E-state index in [1.54, 1.807) is 11.3 Å². The van der Waals surface area contributed by atoms with Gasteiger partial charge in [0.05, 0.1) is 19.6 Å². The van der Waals surface area contributed by atoms with Crippen molar-refractivity contribution >= 4 is 17.2 Å². The Morgan fingerprint density at radius 2 is 2.12 bits per heavy atom. The minimum Gasteiger partial charge on any atom is -0.494 e. The fraction of sp³-hybridized carbons (Fsp3) is 0.235. The molecule has 7 heteroatoms. The van der Waals surface area contributed by atoms with Gasteiger partial charge in [-0.1, -0.05) is 11.2 Å². The number of nitrogens with zero attached hydrogens (tertiary/aromatic N) is 2. The number of aromatic nitrogens is 2. The van der Waals surface area contributed by atoms with E-state index in [2.05, 4.69) is 15.5 Å². The van der Waals surface area contributed by atoms with E-state index in [4.69, 9.17) is 9.26 Å². The second-order valence-electron chi connectivity index (χ2n) is 5.00. The third-order valence-corrected chi connectivity index (χ3v) is 4.12. The summed E-state index contributed by atoms with van der Waals surface area (Å²) in [5.74, 6) is 1.59. The van der Waals surface area contributed by atoms with Crippen LogP contribution in [0.2, 0.25) is 0 Å². The third-order valence-electron chi connectivity index (χ3n) is 3.24. The normalized spacial score (nSPS) is 10.5. The molecule has 0 saturated carbocycles. The van der Waals surface area contributed by atoms with Crippen LogP contribution in [-0.2, 0) is 17.8 Å². The topological polar surface area (TPSA) is 77.3 Å². The first kappa shape index (κ1) is 16.2. The standard InChI is InChI=1S/C17H17N3O3S/c1-2-22-13-7-5-12(6-8-13)17-19-16(23-20-17)11-18-15(21)10-14-4-3-9-24-14/h3-9H,2,10-11H2,1H3,(H,18,21). The van der Waals surface area contributed by atoms with E-state index in [1.807, 2.05) is 48.7 Å². The Labute approximate surface area is 143 Å². The molecule has 2 aromatic heterocycles. The molecule has 6 nitrogen and oxygen atoms in total. The van der Waals surface area contributed by atoms with Crippen molar-refractivity contribution in [3.8, 4) is 17.1 Å². The van der Waals surface area contributed by atoms with Gasteiger partial charge in [-0.05, 0) is 42.6 Å². The number of carbonyl (C=O) groups is 1. The van der Waals surface area contributed by atoms with Crippen molar-refractivity contribution < 1.29 is 14.1 Å². The summed E-state index contributed by atoms with van der Waals surface area (Å²) in [5.41, 5.74) is 0.832. The first-order chi connectivity index (χ1) is 11.7. The van der Waals surface area contributed by atoms with Crippen LogP contribution in [0.3, 0.4) is 0 Å². The van der Waals surface area contributed by atoms with Crippen molar-refractivity contribution in [3.05, 3.63) is 52.5 Å². The molecular weight excluding hydrogens is 326 g/mol. The average Bonchev–Trinajstić information content (AvgIpc) is 3.26. The molecule has 0 aliphatic carbocycles. The predicted molar refractivity (Wildman–Crippen MR) is 90.8 cm³/mol. The van der Waals surface area contributed by atoms with Gasteiger partial charge in [0.25, 0.3) is 0 Å². The molecule has 2 heterocycles. The van der Waals surface area contributed by atoms with Gasteiger partial charge in [-0.25, -0.2) is 0 Å². The highest BCUT2D eigenvalue weighted by molar-refractivity contribution is 7.10. The molecule has 0 unspecified atom stereocenters. The van der Waals surface area contributed by atoms with Crippen LogP contribution in [0, 0.1) is 0 Å². The highest BCUT2D eigenvalue weighted by Gasteiger charge is 2.10. The SMILES string of the molecule is CCOc1ccc(-c2noc(CNC(=O)Cc3cccs3)n2)cc1. The Kier molecular flexibility index (Phi) is 5.22. The molecule has 0 saturated heterocycles. The van der Waals surface area contributed by atoms with Gasteiger partial charge >= 0.3 is 0 Å². The van der Waals surface area contributed by atoms with Crippen molar-refractivity contribution in [1.82, 2.24) is 15.5 Å². The lowest BCUT2D eigenvalue weighted by Crippen LogP contribution is -2.24. The zero-order valence-electron chi connectivity index (χ0n) is 13.2. The Morgan fingerprint density at radius 3 is 2.83 bits per heavy atom. The lowest BCUT2D eigenvalue weighted by atomic mass is 10.2. The number of hydrogen-bond donors (Lipinski definition) is 1. The molecule has 24 heavy (non-hydrogen) atoms. The largest absolute Gasteiger partial charge is 0.494 e. The first-order valence-electron chi connectivity index (χ1n) is 7.59. The van der Waals surface area contributed by atoms with E-state index in [-0.39, 0.29) is 12.5 Å². The molecule has 124 valence electrons. The fourth-order valence-corrected chi connectivity index (χ4v) is 2.82. The third kappa shape index (κ3) is 4.20. The molecule has 3 rings (SSSR count). The molecule has 1 aromatic carbocycles. The Morgan fingerprint density at radius 1 is 1.29 bits per heavy atom. The van der Waals surface area contributed by atoms with Crippen molar-refractivity contribution in [1.29, 1.82) is 0 Å². The summed E-state index contributed by atoms with van der Waals surface area (Å²) < 4.78 is 10.6. The van der Waals surface area contributed by atoms with Crippen LogP contribution in [0.4, 0.5) is 0 Å². The first-order valence-corrected chi connectivity index (χ1v) is 8.47. The number of ether oxygens (including phenoxy) is 1. The van der Waals surface area contributed by atoms with Crippen molar-refractivity contribution in [2.24, 2.45) is 0 Å². The van der Waals surface area contributed by atoms with Gasteiger partial charge in [-0.2, -0.15) is 4.98 Å². The molecule has 0 aliphatic rings. The number of nitrogens with one attached hydrogen (secondary N) is 1. The maximum atomic E-state index is 11.9. The lowest BCUT2D eigenvalue weighted by molar-refractivity contribution is -0.120. The van der Waals surface area contributed by atoms with Crippen LogP contribution >= 0.6 is 11.3 Å². The Bertz CT molecular complexity index is 782. The molecule has 0 atom stereocenters. The van der Waals surface area contributed by atoms with E-state index in [1.165, 1.54) is 0 Å². The molecule has 0 radical (unpaired) electrons. The highest BCUT2D eigenvalue weighted by Crippen LogP contribution is 2.20. The second-order valence-corrected chi connectivity index (χ2v) is 6.03. The van der Waals surface area contributed by atoms with E-state index in [9.17, 15) is 4.79 Å². The number of benzene rings is 1. The minimum absolute atomic E-state index is 0.0710. The Hall–Kier alpha value is -2.67. The summed E-state index contributed by atoms with van der Waals surface area (Å²) in [5, 5.41) is 8.67. The molecule has 0 bridgehead atoms. The molecular formula is C17H17N3O3S. The van der Waals surface area contributed by atoms with E-state index >= 15 is 0 Å². The van der Waals surface area contributed by atoms with Crippen LogP contribution < -0.4 is 10.1 Å². The maximum Gasteiger partial charge on any atom is 0.246 e. The summed E-state index contributed by atoms with van der Waals surface area (Å²) in [6, 6.07) is 11.3. The summed E-state index contributed by atoms with van der Waals surface area (Å²) in [7, 11) is 0. The molecule has 0 aliphatic heterocycles. The summed E-state index contributed by atoms with van der Waals surface area (Å²) in [4.78, 5) is 17.2. The summed E-state index contributed by atoms with van der Waals surface area (Å²) >= 11 is 1.56. The predicted octanol–water partition coefficient (Wildman–Crippen LogP) is 3.06. The number of carbonyl (C=O) groups excluding carboxylic acids is 1. The smallest absolute Gasteiger partial charge is 0.246 e. The van der Waals surface area contributed by atoms with Crippen LogP contribution in [0.15, 0.2) is 46.3 Å². The van der Waals surface area contributed by atoms with Crippen LogP contribution in [0.25, 0.3) is 11.4 Å². The van der Waals surface area contributed by atoms with Gasteiger partial charge in [-0.3, -0.25) is 4.79 Å². The molecule has 3 aromatic rings. The Balaban J connectivity index is 1.56. The maximum absolute atomic E-state index is 11.9. The number of rotatable bonds is 7. The van der Waals surface area contributed by atoms with Gasteiger partial charge in [-0.15, -0.1) is 11.3 Å². The van der Waals surface area contributed by atoms with Crippen molar-refractivity contribution in [2.45, 2.75) is 19.9 Å². The molecule has 0 fully saturated rings. The van der Waals surface area contributed by atoms with E-state index in [0.717, 1.165) is 16.2 Å². The van der Waals surface area contributed by atoms with Gasteiger partial charge in [0.1, 0.15) is 5.75 Å². The van der Waals surface area contributed by atoms with Crippen molar-refractivity contribution in [2.75, 3.05) is 6.61 Å². The zero-order chi connectivity index (χ0) is 16.8. The fourth-order valence-electron chi connectivity index (χ4n) is 2.12. The van der Waals surface area contributed by atoms with Gasteiger partial charge < -0.3 is 14.6 Å². The van der Waals surface area contributed by atoms with Crippen molar-refractivity contribution in [3.63, 3.8) is 0 Å². The minimum atomic E-state index is -0.0710. The summed E-state index contributed by atoms with van der Waals surface area (Å²) in [6.45, 7) is 2.78. The zero-order valence-corrected chi connectivity index (χ0v) is 14.0. The number of amides is 1. The highest BCUT2D eigenvalue weighted by atomic mass is 32.1. The van der Waals surface area contributed by atoms with Crippen LogP contribution in [0.1, 0.15) is 17.7 Å². The monoisotopic (exact) mass is 343 g/mol. The molecule has 1 amide bonds. The average molecular weight is 343 g/mol. The van der Waals surface area contributed by atoms with Gasteiger partial charge in [0, 0.05) is 10.4 Å². The van der Waals surface area contributed by atoms with Gasteiger partial charge in [0.2, 0.25) is 17.6 Å². The van der Waals surface area contributed by atoms with Crippen LogP contribution in [0.5, 0.6) is 5.75 Å². The number of thiophene rings is 1.